The molecular weight excluding hydrogens is 466 g/mol. The fraction of sp³-hybridized carbons (Fsp3) is 0.192. The second kappa shape index (κ2) is 8.77. The first kappa shape index (κ1) is 22.4. The van der Waals surface area contributed by atoms with E-state index in [0.717, 1.165) is 33.7 Å². The summed E-state index contributed by atoms with van der Waals surface area (Å²) in [7, 11) is -2.12. The van der Waals surface area contributed by atoms with Crippen LogP contribution in [-0.2, 0) is 10.0 Å². The molecule has 3 aromatic carbocycles. The van der Waals surface area contributed by atoms with Crippen molar-refractivity contribution in [3.8, 4) is 5.75 Å². The van der Waals surface area contributed by atoms with E-state index in [2.05, 4.69) is 10.6 Å². The van der Waals surface area contributed by atoms with E-state index in [4.69, 9.17) is 17.0 Å². The molecule has 2 N–H and O–H groups in total. The maximum absolute atomic E-state index is 13.7. The fourth-order valence-corrected chi connectivity index (χ4v) is 6.22. The molecule has 174 valence electrons. The van der Waals surface area contributed by atoms with Gasteiger partial charge in [-0.3, -0.25) is 4.31 Å². The van der Waals surface area contributed by atoms with Gasteiger partial charge in [-0.2, -0.15) is 0 Å². The molecule has 3 aromatic rings. The van der Waals surface area contributed by atoms with Crippen LogP contribution in [0.4, 0.5) is 5.69 Å². The number of hydrogen-bond donors (Lipinski definition) is 2. The molecule has 0 spiro atoms. The summed E-state index contributed by atoms with van der Waals surface area (Å²) in [6, 6.07) is 22.2. The van der Waals surface area contributed by atoms with E-state index < -0.39 is 10.0 Å². The first-order valence-electron chi connectivity index (χ1n) is 11.0. The number of aryl methyl sites for hydroxylation is 1. The number of anilines is 1. The van der Waals surface area contributed by atoms with Crippen LogP contribution in [-0.4, -0.2) is 27.2 Å². The average molecular weight is 492 g/mol. The zero-order valence-electron chi connectivity index (χ0n) is 18.9. The van der Waals surface area contributed by atoms with E-state index in [0.29, 0.717) is 23.8 Å². The maximum atomic E-state index is 13.7. The van der Waals surface area contributed by atoms with Crippen LogP contribution >= 0.6 is 12.2 Å². The molecule has 0 radical (unpaired) electrons. The summed E-state index contributed by atoms with van der Waals surface area (Å²) in [5.74, 6) is 0.774. The number of fused-ring (bicyclic) bond motifs is 2. The first-order valence-corrected chi connectivity index (χ1v) is 12.9. The highest BCUT2D eigenvalue weighted by Crippen LogP contribution is 2.41. The molecule has 5 rings (SSSR count). The van der Waals surface area contributed by atoms with Gasteiger partial charge in [0.05, 0.1) is 29.4 Å². The molecule has 0 fully saturated rings. The third kappa shape index (κ3) is 3.93. The maximum Gasteiger partial charge on any atom is 0.264 e. The number of methoxy groups -OCH3 is 1. The van der Waals surface area contributed by atoms with E-state index in [1.807, 2.05) is 67.6 Å². The monoisotopic (exact) mass is 491 g/mol. The van der Waals surface area contributed by atoms with Crippen molar-refractivity contribution >= 4 is 38.7 Å². The fourth-order valence-electron chi connectivity index (χ4n) is 4.52. The molecule has 6 nitrogen and oxygen atoms in total. The smallest absolute Gasteiger partial charge is 0.264 e. The topological polar surface area (TPSA) is 70.7 Å². The summed E-state index contributed by atoms with van der Waals surface area (Å²) >= 11 is 5.55. The molecule has 2 aliphatic heterocycles. The Morgan fingerprint density at radius 3 is 2.41 bits per heavy atom. The molecule has 0 saturated carbocycles. The number of ether oxygens (including phenoxy) is 1. The van der Waals surface area contributed by atoms with Crippen molar-refractivity contribution < 1.29 is 13.2 Å². The van der Waals surface area contributed by atoms with Crippen molar-refractivity contribution in [2.75, 3.05) is 18.0 Å². The van der Waals surface area contributed by atoms with Gasteiger partial charge in [-0.1, -0.05) is 48.0 Å². The number of benzene rings is 3. The molecular formula is C26H25N3O3S2. The molecule has 2 heterocycles. The van der Waals surface area contributed by atoms with Crippen LogP contribution < -0.4 is 19.7 Å². The molecule has 0 aromatic heterocycles. The van der Waals surface area contributed by atoms with E-state index in [1.54, 1.807) is 19.2 Å². The third-order valence-corrected chi connectivity index (χ3v) is 8.32. The Kier molecular flexibility index (Phi) is 5.79. The number of rotatable bonds is 4. The predicted molar refractivity (Wildman–Crippen MR) is 138 cm³/mol. The van der Waals surface area contributed by atoms with E-state index in [-0.39, 0.29) is 10.9 Å². The zero-order chi connectivity index (χ0) is 23.9. The largest absolute Gasteiger partial charge is 0.497 e. The molecule has 0 aliphatic carbocycles. The van der Waals surface area contributed by atoms with Gasteiger partial charge in [-0.15, -0.1) is 0 Å². The Bertz CT molecular complexity index is 1380. The van der Waals surface area contributed by atoms with Crippen molar-refractivity contribution in [3.05, 3.63) is 95.1 Å². The van der Waals surface area contributed by atoms with Crippen molar-refractivity contribution in [1.29, 1.82) is 0 Å². The quantitative estimate of drug-likeness (QED) is 0.523. The number of nitrogens with one attached hydrogen (secondary N) is 2. The molecule has 1 atom stereocenters. The summed E-state index contributed by atoms with van der Waals surface area (Å²) in [6.07, 6.45) is 0.536. The van der Waals surface area contributed by atoms with Gasteiger partial charge in [-0.05, 0) is 67.0 Å². The lowest BCUT2D eigenvalue weighted by atomic mass is 9.91. The minimum atomic E-state index is -3.75. The Labute approximate surface area is 205 Å². The SMILES string of the molecule is COc1ccc(C2NC(=S)NC3=C2CCN(S(=O)(=O)c2ccc(C)cc2)c2ccccc23)cc1. The van der Waals surface area contributed by atoms with Crippen LogP contribution in [0.5, 0.6) is 5.75 Å². The van der Waals surface area contributed by atoms with Crippen molar-refractivity contribution in [2.24, 2.45) is 0 Å². The second-order valence-electron chi connectivity index (χ2n) is 8.36. The number of para-hydroxylation sites is 1. The molecule has 8 heteroatoms. The molecule has 2 aliphatic rings. The number of thiocarbonyl (C=S) groups is 1. The van der Waals surface area contributed by atoms with Gasteiger partial charge in [0.1, 0.15) is 5.75 Å². The van der Waals surface area contributed by atoms with Gasteiger partial charge >= 0.3 is 0 Å². The minimum Gasteiger partial charge on any atom is -0.497 e. The normalized spacial score (nSPS) is 17.8. The van der Waals surface area contributed by atoms with E-state index >= 15 is 0 Å². The summed E-state index contributed by atoms with van der Waals surface area (Å²) in [4.78, 5) is 0.279. The molecule has 1 unspecified atom stereocenters. The molecule has 0 saturated heterocycles. The van der Waals surface area contributed by atoms with Crippen molar-refractivity contribution in [3.63, 3.8) is 0 Å². The van der Waals surface area contributed by atoms with Gasteiger partial charge in [-0.25, -0.2) is 8.42 Å². The van der Waals surface area contributed by atoms with E-state index in [9.17, 15) is 8.42 Å². The molecule has 0 bridgehead atoms. The lowest BCUT2D eigenvalue weighted by Crippen LogP contribution is -2.43. The summed E-state index contributed by atoms with van der Waals surface area (Å²) in [5.41, 5.74) is 5.42. The van der Waals surface area contributed by atoms with Gasteiger partial charge in [0.15, 0.2) is 5.11 Å². The molecule has 34 heavy (non-hydrogen) atoms. The Morgan fingerprint density at radius 1 is 1.00 bits per heavy atom. The zero-order valence-corrected chi connectivity index (χ0v) is 20.5. The van der Waals surface area contributed by atoms with Crippen molar-refractivity contribution in [2.45, 2.75) is 24.3 Å². The lowest BCUT2D eigenvalue weighted by molar-refractivity contribution is 0.414. The van der Waals surface area contributed by atoms with Gasteiger partial charge in [0.2, 0.25) is 0 Å². The highest BCUT2D eigenvalue weighted by atomic mass is 32.2. The highest BCUT2D eigenvalue weighted by Gasteiger charge is 2.35. The minimum absolute atomic E-state index is 0.176. The number of hydrogen-bond acceptors (Lipinski definition) is 4. The summed E-state index contributed by atoms with van der Waals surface area (Å²) in [5, 5.41) is 7.19. The Balaban J connectivity index is 1.61. The average Bonchev–Trinajstić information content (AvgIpc) is 3.01. The van der Waals surface area contributed by atoms with Crippen molar-refractivity contribution in [1.82, 2.24) is 10.6 Å². The van der Waals surface area contributed by atoms with Gasteiger partial charge in [0, 0.05) is 12.1 Å². The summed E-state index contributed by atoms with van der Waals surface area (Å²) < 4.78 is 34.3. The van der Waals surface area contributed by atoms with Crippen LogP contribution in [0.25, 0.3) is 5.70 Å². The number of nitrogens with zero attached hydrogens (tertiary/aromatic N) is 1. The van der Waals surface area contributed by atoms with Crippen LogP contribution in [0.1, 0.15) is 29.2 Å². The van der Waals surface area contributed by atoms with Crippen LogP contribution in [0.2, 0.25) is 0 Å². The number of sulfonamides is 1. The molecule has 0 amide bonds. The van der Waals surface area contributed by atoms with E-state index in [1.165, 1.54) is 4.31 Å². The Hall–Kier alpha value is -3.36. The van der Waals surface area contributed by atoms with Crippen LogP contribution in [0.3, 0.4) is 0 Å². The first-order chi connectivity index (χ1) is 16.4. The lowest BCUT2D eigenvalue weighted by Gasteiger charge is -2.32. The van der Waals surface area contributed by atoms with Gasteiger partial charge in [0.25, 0.3) is 10.0 Å². The predicted octanol–water partition coefficient (Wildman–Crippen LogP) is 4.53. The third-order valence-electron chi connectivity index (χ3n) is 6.27. The van der Waals surface area contributed by atoms with Gasteiger partial charge < -0.3 is 15.4 Å². The van der Waals surface area contributed by atoms with Crippen LogP contribution in [0.15, 0.2) is 83.3 Å². The standard InChI is InChI=1S/C26H25N3O3S2/c1-17-7-13-20(14-8-17)34(30,31)29-16-15-22-24(18-9-11-19(32-2)12-10-18)27-26(33)28-25(22)21-5-3-4-6-23(21)29/h3-14,24H,15-16H2,1-2H3,(H2,27,28,33). The Morgan fingerprint density at radius 2 is 1.71 bits per heavy atom. The second-order valence-corrected chi connectivity index (χ2v) is 10.6. The summed E-state index contributed by atoms with van der Waals surface area (Å²) in [6.45, 7) is 2.26. The highest BCUT2D eigenvalue weighted by molar-refractivity contribution is 7.92. The van der Waals surface area contributed by atoms with Crippen LogP contribution in [0, 0.1) is 6.92 Å².